The molecular weight excluding hydrogens is 283 g/mol. The predicted octanol–water partition coefficient (Wildman–Crippen LogP) is 2.37. The summed E-state index contributed by atoms with van der Waals surface area (Å²) in [6.07, 6.45) is 0. The molecule has 2 heterocycles. The van der Waals surface area contributed by atoms with Gasteiger partial charge >= 0.3 is 0 Å². The number of nitrogens with zero attached hydrogens (tertiary/aromatic N) is 3. The van der Waals surface area contributed by atoms with Crippen molar-refractivity contribution in [2.45, 2.75) is 13.5 Å². The Hall–Kier alpha value is -2.21. The van der Waals surface area contributed by atoms with Crippen molar-refractivity contribution in [2.75, 3.05) is 36.5 Å². The highest BCUT2D eigenvalue weighted by molar-refractivity contribution is 5.44. The molecule has 0 atom stereocenters. The molecule has 0 saturated carbocycles. The van der Waals surface area contributed by atoms with Gasteiger partial charge in [0, 0.05) is 31.4 Å². The van der Waals surface area contributed by atoms with E-state index in [1.807, 2.05) is 13.0 Å². The summed E-state index contributed by atoms with van der Waals surface area (Å²) in [7, 11) is 0. The third-order valence-corrected chi connectivity index (χ3v) is 3.52. The van der Waals surface area contributed by atoms with Gasteiger partial charge in [-0.05, 0) is 24.6 Å². The molecule has 0 spiro atoms. The number of hydrogen-bond acceptors (Lipinski definition) is 5. The van der Waals surface area contributed by atoms with Gasteiger partial charge in [0.05, 0.1) is 13.2 Å². The summed E-state index contributed by atoms with van der Waals surface area (Å²) in [6.45, 7) is 5.57. The molecule has 1 aliphatic heterocycles. The first-order valence-corrected chi connectivity index (χ1v) is 7.37. The van der Waals surface area contributed by atoms with Crippen LogP contribution in [0.3, 0.4) is 0 Å². The number of hydrogen-bond donors (Lipinski definition) is 1. The largest absolute Gasteiger partial charge is 0.378 e. The lowest BCUT2D eigenvalue weighted by Gasteiger charge is -2.27. The molecule has 0 bridgehead atoms. The topological polar surface area (TPSA) is 50.3 Å². The average Bonchev–Trinajstić information content (AvgIpc) is 2.55. The van der Waals surface area contributed by atoms with Crippen LogP contribution in [0, 0.1) is 12.7 Å². The molecule has 0 radical (unpaired) electrons. The highest BCUT2D eigenvalue weighted by atomic mass is 19.1. The predicted molar refractivity (Wildman–Crippen MR) is 83.5 cm³/mol. The van der Waals surface area contributed by atoms with E-state index in [-0.39, 0.29) is 5.82 Å². The molecule has 1 aromatic heterocycles. The first-order valence-electron chi connectivity index (χ1n) is 7.37. The molecule has 1 N–H and O–H groups in total. The van der Waals surface area contributed by atoms with Crippen LogP contribution in [-0.2, 0) is 11.3 Å². The first kappa shape index (κ1) is 14.7. The second kappa shape index (κ2) is 6.70. The summed E-state index contributed by atoms with van der Waals surface area (Å²) in [5, 5.41) is 3.27. The Morgan fingerprint density at radius 3 is 2.64 bits per heavy atom. The molecule has 0 aliphatic carbocycles. The Morgan fingerprint density at radius 1 is 1.18 bits per heavy atom. The fourth-order valence-corrected chi connectivity index (χ4v) is 2.34. The van der Waals surface area contributed by atoms with Gasteiger partial charge in [-0.1, -0.05) is 12.1 Å². The van der Waals surface area contributed by atoms with Gasteiger partial charge in [0.25, 0.3) is 0 Å². The number of rotatable bonds is 4. The highest BCUT2D eigenvalue weighted by Gasteiger charge is 2.14. The maximum absolute atomic E-state index is 12.9. The minimum atomic E-state index is -0.226. The first-order chi connectivity index (χ1) is 10.7. The van der Waals surface area contributed by atoms with Crippen LogP contribution in [-0.4, -0.2) is 36.3 Å². The lowest BCUT2D eigenvalue weighted by molar-refractivity contribution is 0.122. The molecule has 1 aliphatic rings. The second-order valence-electron chi connectivity index (χ2n) is 5.27. The van der Waals surface area contributed by atoms with E-state index in [1.54, 1.807) is 12.1 Å². The third kappa shape index (κ3) is 3.71. The van der Waals surface area contributed by atoms with E-state index in [2.05, 4.69) is 20.2 Å². The molecule has 22 heavy (non-hydrogen) atoms. The zero-order valence-corrected chi connectivity index (χ0v) is 12.6. The van der Waals surface area contributed by atoms with Gasteiger partial charge in [0.15, 0.2) is 0 Å². The van der Waals surface area contributed by atoms with Crippen LogP contribution in [0.2, 0.25) is 0 Å². The summed E-state index contributed by atoms with van der Waals surface area (Å²) < 4.78 is 18.3. The monoisotopic (exact) mass is 302 g/mol. The minimum absolute atomic E-state index is 0.226. The number of halogens is 1. The minimum Gasteiger partial charge on any atom is -0.378 e. The Bertz CT molecular complexity index is 627. The maximum Gasteiger partial charge on any atom is 0.227 e. The van der Waals surface area contributed by atoms with E-state index in [4.69, 9.17) is 4.74 Å². The quantitative estimate of drug-likeness (QED) is 0.939. The molecule has 0 unspecified atom stereocenters. The Labute approximate surface area is 129 Å². The van der Waals surface area contributed by atoms with Gasteiger partial charge in [0.2, 0.25) is 5.95 Å². The van der Waals surface area contributed by atoms with Crippen LogP contribution in [0.15, 0.2) is 30.3 Å². The fourth-order valence-electron chi connectivity index (χ4n) is 2.34. The van der Waals surface area contributed by atoms with E-state index in [0.717, 1.165) is 36.1 Å². The van der Waals surface area contributed by atoms with Gasteiger partial charge < -0.3 is 15.0 Å². The van der Waals surface area contributed by atoms with Crippen molar-refractivity contribution < 1.29 is 9.13 Å². The van der Waals surface area contributed by atoms with Crippen molar-refractivity contribution in [2.24, 2.45) is 0 Å². The van der Waals surface area contributed by atoms with E-state index in [9.17, 15) is 4.39 Å². The zero-order valence-electron chi connectivity index (χ0n) is 12.6. The summed E-state index contributed by atoms with van der Waals surface area (Å²) in [5.74, 6) is 1.28. The number of aromatic nitrogens is 2. The number of aryl methyl sites for hydroxylation is 1. The van der Waals surface area contributed by atoms with Gasteiger partial charge in [-0.25, -0.2) is 9.37 Å². The van der Waals surface area contributed by atoms with Crippen molar-refractivity contribution in [3.63, 3.8) is 0 Å². The summed E-state index contributed by atoms with van der Waals surface area (Å²) in [4.78, 5) is 11.2. The Kier molecular flexibility index (Phi) is 4.48. The van der Waals surface area contributed by atoms with Crippen molar-refractivity contribution in [1.82, 2.24) is 9.97 Å². The lowest BCUT2D eigenvalue weighted by Crippen LogP contribution is -2.37. The van der Waals surface area contributed by atoms with Gasteiger partial charge in [-0.15, -0.1) is 0 Å². The molecule has 6 heteroatoms. The molecule has 2 aromatic rings. The Morgan fingerprint density at radius 2 is 1.91 bits per heavy atom. The van der Waals surface area contributed by atoms with Crippen molar-refractivity contribution in [3.05, 3.63) is 47.4 Å². The zero-order chi connectivity index (χ0) is 15.4. The van der Waals surface area contributed by atoms with Crippen LogP contribution in [0.4, 0.5) is 16.2 Å². The van der Waals surface area contributed by atoms with E-state index in [1.165, 1.54) is 12.1 Å². The summed E-state index contributed by atoms with van der Waals surface area (Å²) in [5.41, 5.74) is 1.92. The van der Waals surface area contributed by atoms with Crippen LogP contribution >= 0.6 is 0 Å². The number of morpholine rings is 1. The van der Waals surface area contributed by atoms with E-state index in [0.29, 0.717) is 19.8 Å². The summed E-state index contributed by atoms with van der Waals surface area (Å²) in [6, 6.07) is 8.36. The number of anilines is 2. The molecule has 116 valence electrons. The van der Waals surface area contributed by atoms with Crippen molar-refractivity contribution in [1.29, 1.82) is 0 Å². The average molecular weight is 302 g/mol. The molecule has 1 saturated heterocycles. The third-order valence-electron chi connectivity index (χ3n) is 3.52. The highest BCUT2D eigenvalue weighted by Crippen LogP contribution is 2.16. The second-order valence-corrected chi connectivity index (χ2v) is 5.27. The molecule has 5 nitrogen and oxygen atoms in total. The van der Waals surface area contributed by atoms with Crippen LogP contribution in [0.25, 0.3) is 0 Å². The molecule has 3 rings (SSSR count). The SMILES string of the molecule is Cc1cc(NCc2ccc(F)cc2)nc(N2CCOCC2)n1. The van der Waals surface area contributed by atoms with Crippen molar-refractivity contribution >= 4 is 11.8 Å². The number of ether oxygens (including phenoxy) is 1. The van der Waals surface area contributed by atoms with Gasteiger partial charge in [0.1, 0.15) is 11.6 Å². The van der Waals surface area contributed by atoms with Gasteiger partial charge in [-0.2, -0.15) is 4.98 Å². The normalized spacial score (nSPS) is 14.9. The van der Waals surface area contributed by atoms with Crippen molar-refractivity contribution in [3.8, 4) is 0 Å². The molecule has 1 aromatic carbocycles. The van der Waals surface area contributed by atoms with Crippen LogP contribution in [0.5, 0.6) is 0 Å². The number of benzene rings is 1. The number of nitrogens with one attached hydrogen (secondary N) is 1. The molecule has 0 amide bonds. The van der Waals surface area contributed by atoms with Crippen LogP contribution in [0.1, 0.15) is 11.3 Å². The maximum atomic E-state index is 12.9. The molecule has 1 fully saturated rings. The van der Waals surface area contributed by atoms with Gasteiger partial charge in [-0.3, -0.25) is 0 Å². The van der Waals surface area contributed by atoms with Crippen LogP contribution < -0.4 is 10.2 Å². The molecular formula is C16H19FN4O. The van der Waals surface area contributed by atoms with E-state index < -0.39 is 0 Å². The lowest BCUT2D eigenvalue weighted by atomic mass is 10.2. The smallest absolute Gasteiger partial charge is 0.227 e. The summed E-state index contributed by atoms with van der Waals surface area (Å²) >= 11 is 0. The fraction of sp³-hybridized carbons (Fsp3) is 0.375. The van der Waals surface area contributed by atoms with E-state index >= 15 is 0 Å². The Balaban J connectivity index is 1.70. The standard InChI is InChI=1S/C16H19FN4O/c1-12-10-15(18-11-13-2-4-14(17)5-3-13)20-16(19-12)21-6-8-22-9-7-21/h2-5,10H,6-9,11H2,1H3,(H,18,19,20).